The van der Waals surface area contributed by atoms with Crippen LogP contribution in [0.25, 0.3) is 0 Å². The summed E-state index contributed by atoms with van der Waals surface area (Å²) in [5.74, 6) is -0.295. The third-order valence-corrected chi connectivity index (χ3v) is 1.39. The summed E-state index contributed by atoms with van der Waals surface area (Å²) in [4.78, 5) is 20.8. The molecule has 0 saturated heterocycles. The highest BCUT2D eigenvalue weighted by Gasteiger charge is 2.08. The molecular weight excluding hydrogens is 158 g/mol. The SMILES string of the molecule is CCOC(=O)C[C@@H](N)CCC=O. The van der Waals surface area contributed by atoms with Gasteiger partial charge in [0.2, 0.25) is 0 Å². The second kappa shape index (κ2) is 6.79. The van der Waals surface area contributed by atoms with Crippen molar-refractivity contribution in [2.75, 3.05) is 6.61 Å². The minimum Gasteiger partial charge on any atom is -0.466 e. The summed E-state index contributed by atoms with van der Waals surface area (Å²) in [5, 5.41) is 0. The lowest BCUT2D eigenvalue weighted by Crippen LogP contribution is -2.24. The van der Waals surface area contributed by atoms with Crippen molar-refractivity contribution in [3.63, 3.8) is 0 Å². The zero-order chi connectivity index (χ0) is 9.40. The van der Waals surface area contributed by atoms with Gasteiger partial charge in [0.25, 0.3) is 0 Å². The molecule has 0 heterocycles. The summed E-state index contributed by atoms with van der Waals surface area (Å²) >= 11 is 0. The van der Waals surface area contributed by atoms with Gasteiger partial charge in [-0.2, -0.15) is 0 Å². The highest BCUT2D eigenvalue weighted by molar-refractivity contribution is 5.70. The number of aldehydes is 1. The van der Waals surface area contributed by atoms with Crippen LogP contribution < -0.4 is 5.73 Å². The molecule has 0 aliphatic carbocycles. The molecule has 0 unspecified atom stereocenters. The maximum atomic E-state index is 10.8. The van der Waals surface area contributed by atoms with Gasteiger partial charge in [-0.1, -0.05) is 0 Å². The molecule has 0 bridgehead atoms. The molecule has 0 spiro atoms. The lowest BCUT2D eigenvalue weighted by molar-refractivity contribution is -0.143. The van der Waals surface area contributed by atoms with Gasteiger partial charge in [0.15, 0.2) is 0 Å². The van der Waals surface area contributed by atoms with Gasteiger partial charge in [-0.25, -0.2) is 0 Å². The molecular formula is C8H15NO3. The molecule has 4 heteroatoms. The molecule has 0 aliphatic heterocycles. The van der Waals surface area contributed by atoms with Crippen LogP contribution in [0.15, 0.2) is 0 Å². The molecule has 12 heavy (non-hydrogen) atoms. The summed E-state index contributed by atoms with van der Waals surface area (Å²) < 4.78 is 4.69. The van der Waals surface area contributed by atoms with E-state index < -0.39 is 0 Å². The van der Waals surface area contributed by atoms with Crippen LogP contribution in [0.2, 0.25) is 0 Å². The average Bonchev–Trinajstić information content (AvgIpc) is 2.01. The van der Waals surface area contributed by atoms with E-state index in [1.807, 2.05) is 0 Å². The summed E-state index contributed by atoms with van der Waals surface area (Å²) in [5.41, 5.74) is 5.53. The third-order valence-electron chi connectivity index (χ3n) is 1.39. The van der Waals surface area contributed by atoms with Crippen molar-refractivity contribution in [2.45, 2.75) is 32.2 Å². The average molecular weight is 173 g/mol. The van der Waals surface area contributed by atoms with Crippen LogP contribution in [-0.2, 0) is 14.3 Å². The van der Waals surface area contributed by atoms with E-state index >= 15 is 0 Å². The Balaban J connectivity index is 3.46. The van der Waals surface area contributed by atoms with Gasteiger partial charge in [0.05, 0.1) is 13.0 Å². The molecule has 70 valence electrons. The lowest BCUT2D eigenvalue weighted by atomic mass is 10.1. The zero-order valence-electron chi connectivity index (χ0n) is 7.29. The van der Waals surface area contributed by atoms with Crippen molar-refractivity contribution in [3.05, 3.63) is 0 Å². The fraction of sp³-hybridized carbons (Fsp3) is 0.750. The highest BCUT2D eigenvalue weighted by Crippen LogP contribution is 1.98. The summed E-state index contributed by atoms with van der Waals surface area (Å²) in [6.45, 7) is 2.12. The number of ether oxygens (including phenoxy) is 1. The van der Waals surface area contributed by atoms with Crippen LogP contribution in [0.3, 0.4) is 0 Å². The van der Waals surface area contributed by atoms with Crippen molar-refractivity contribution in [1.29, 1.82) is 0 Å². The van der Waals surface area contributed by atoms with E-state index in [9.17, 15) is 9.59 Å². The van der Waals surface area contributed by atoms with Crippen LogP contribution in [0.1, 0.15) is 26.2 Å². The Labute approximate surface area is 72.1 Å². The van der Waals surface area contributed by atoms with Crippen molar-refractivity contribution in [2.24, 2.45) is 5.73 Å². The smallest absolute Gasteiger partial charge is 0.307 e. The molecule has 4 nitrogen and oxygen atoms in total. The van der Waals surface area contributed by atoms with Crippen LogP contribution in [-0.4, -0.2) is 24.9 Å². The second-order valence-electron chi connectivity index (χ2n) is 2.51. The molecule has 0 saturated carbocycles. The molecule has 2 N–H and O–H groups in total. The fourth-order valence-electron chi connectivity index (χ4n) is 0.818. The van der Waals surface area contributed by atoms with E-state index in [-0.39, 0.29) is 18.4 Å². The second-order valence-corrected chi connectivity index (χ2v) is 2.51. The Morgan fingerprint density at radius 2 is 2.33 bits per heavy atom. The lowest BCUT2D eigenvalue weighted by Gasteiger charge is -2.07. The van der Waals surface area contributed by atoms with Crippen molar-refractivity contribution in [1.82, 2.24) is 0 Å². The number of esters is 1. The van der Waals surface area contributed by atoms with Gasteiger partial charge in [0, 0.05) is 12.5 Å². The molecule has 0 aromatic carbocycles. The van der Waals surface area contributed by atoms with Gasteiger partial charge in [0.1, 0.15) is 6.29 Å². The topological polar surface area (TPSA) is 69.4 Å². The monoisotopic (exact) mass is 173 g/mol. The van der Waals surface area contributed by atoms with Crippen LogP contribution in [0.4, 0.5) is 0 Å². The van der Waals surface area contributed by atoms with Crippen LogP contribution >= 0.6 is 0 Å². The number of rotatable bonds is 6. The number of nitrogens with two attached hydrogens (primary N) is 1. The molecule has 0 aromatic rings. The van der Waals surface area contributed by atoms with E-state index in [1.54, 1.807) is 6.92 Å². The predicted molar refractivity (Wildman–Crippen MR) is 44.5 cm³/mol. The Bertz CT molecular complexity index is 147. The Morgan fingerprint density at radius 1 is 1.67 bits per heavy atom. The summed E-state index contributed by atoms with van der Waals surface area (Å²) in [6.07, 6.45) is 1.94. The minimum atomic E-state index is -0.295. The van der Waals surface area contributed by atoms with Gasteiger partial charge < -0.3 is 15.3 Å². The minimum absolute atomic E-state index is 0.196. The molecule has 0 aromatic heterocycles. The first-order valence-electron chi connectivity index (χ1n) is 4.05. The Kier molecular flexibility index (Phi) is 6.28. The van der Waals surface area contributed by atoms with Crippen LogP contribution in [0, 0.1) is 0 Å². The van der Waals surface area contributed by atoms with E-state index in [0.717, 1.165) is 6.29 Å². The quantitative estimate of drug-likeness (QED) is 0.461. The zero-order valence-corrected chi connectivity index (χ0v) is 7.29. The first-order chi connectivity index (χ1) is 5.70. The maximum absolute atomic E-state index is 10.8. The molecule has 0 amide bonds. The van der Waals surface area contributed by atoms with E-state index in [0.29, 0.717) is 19.4 Å². The van der Waals surface area contributed by atoms with E-state index in [1.165, 1.54) is 0 Å². The van der Waals surface area contributed by atoms with E-state index in [4.69, 9.17) is 5.73 Å². The Morgan fingerprint density at radius 3 is 2.83 bits per heavy atom. The normalized spacial score (nSPS) is 12.2. The highest BCUT2D eigenvalue weighted by atomic mass is 16.5. The van der Waals surface area contributed by atoms with Crippen molar-refractivity contribution < 1.29 is 14.3 Å². The maximum Gasteiger partial charge on any atom is 0.307 e. The molecule has 0 radical (unpaired) electrons. The van der Waals surface area contributed by atoms with Gasteiger partial charge in [-0.15, -0.1) is 0 Å². The van der Waals surface area contributed by atoms with Crippen LogP contribution in [0.5, 0.6) is 0 Å². The Hall–Kier alpha value is -0.900. The van der Waals surface area contributed by atoms with E-state index in [2.05, 4.69) is 4.74 Å². The molecule has 0 fully saturated rings. The molecule has 0 aliphatic rings. The number of hydrogen-bond acceptors (Lipinski definition) is 4. The van der Waals surface area contributed by atoms with Crippen molar-refractivity contribution >= 4 is 12.3 Å². The molecule has 1 atom stereocenters. The molecule has 0 rings (SSSR count). The standard InChI is InChI=1S/C8H15NO3/c1-2-12-8(11)6-7(9)4-3-5-10/h5,7H,2-4,6,9H2,1H3/t7-/m0/s1. The number of carbonyl (C=O) groups excluding carboxylic acids is 2. The largest absolute Gasteiger partial charge is 0.466 e. The van der Waals surface area contributed by atoms with Gasteiger partial charge in [-0.3, -0.25) is 4.79 Å². The predicted octanol–water partition coefficient (Wildman–Crippen LogP) is 0.246. The first kappa shape index (κ1) is 11.1. The first-order valence-corrected chi connectivity index (χ1v) is 4.05. The van der Waals surface area contributed by atoms with Crippen molar-refractivity contribution in [3.8, 4) is 0 Å². The summed E-state index contributed by atoms with van der Waals surface area (Å²) in [7, 11) is 0. The number of carbonyl (C=O) groups is 2. The third kappa shape index (κ3) is 5.85. The van der Waals surface area contributed by atoms with Gasteiger partial charge in [-0.05, 0) is 13.3 Å². The fourth-order valence-corrected chi connectivity index (χ4v) is 0.818. The number of hydrogen-bond donors (Lipinski definition) is 1. The summed E-state index contributed by atoms with van der Waals surface area (Å²) in [6, 6.07) is -0.255. The van der Waals surface area contributed by atoms with Gasteiger partial charge >= 0.3 is 5.97 Å².